The number of carbonyl (C=O) groups excluding carboxylic acids is 1. The minimum atomic E-state index is -2.66. The Labute approximate surface area is 211 Å². The number of rotatable bonds is 11. The first-order chi connectivity index (χ1) is 16.8. The second-order valence-electron chi connectivity index (χ2n) is 10.1. The molecule has 3 nitrogen and oxygen atoms in total. The largest absolute Gasteiger partial charge is 0.407 e. The lowest BCUT2D eigenvalue weighted by atomic mass is 10.0. The summed E-state index contributed by atoms with van der Waals surface area (Å²) < 4.78 is 12.7. The first kappa shape index (κ1) is 26.8. The quantitative estimate of drug-likeness (QED) is 0.191. The molecule has 0 spiro atoms. The Morgan fingerprint density at radius 3 is 1.83 bits per heavy atom. The fourth-order valence-electron chi connectivity index (χ4n) is 4.51. The molecule has 184 valence electrons. The molecule has 0 aromatic heterocycles. The van der Waals surface area contributed by atoms with Gasteiger partial charge in [-0.05, 0) is 33.5 Å². The van der Waals surface area contributed by atoms with Crippen LogP contribution in [0.5, 0.6) is 0 Å². The summed E-state index contributed by atoms with van der Waals surface area (Å²) in [4.78, 5) is 13.2. The number of benzene rings is 3. The lowest BCUT2D eigenvalue weighted by Crippen LogP contribution is -2.67. The van der Waals surface area contributed by atoms with Crippen molar-refractivity contribution in [2.45, 2.75) is 46.3 Å². The monoisotopic (exact) mass is 486 g/mol. The summed E-state index contributed by atoms with van der Waals surface area (Å²) in [6.45, 7) is 11.9. The maximum absolute atomic E-state index is 13.2. The number of hydrogen-bond acceptors (Lipinski definition) is 3. The van der Waals surface area contributed by atoms with Crippen LogP contribution in [0.4, 0.5) is 0 Å². The van der Waals surface area contributed by atoms with E-state index in [-0.39, 0.29) is 16.7 Å². The Bertz CT molecular complexity index is 1050. The van der Waals surface area contributed by atoms with Crippen LogP contribution >= 0.6 is 0 Å². The van der Waals surface area contributed by atoms with Gasteiger partial charge in [-0.3, -0.25) is 4.79 Å². The number of carbonyl (C=O) groups is 1. The highest BCUT2D eigenvalue weighted by Gasteiger charge is 2.50. The summed E-state index contributed by atoms with van der Waals surface area (Å²) >= 11 is 0. The maximum Gasteiger partial charge on any atom is 0.261 e. The lowest BCUT2D eigenvalue weighted by molar-refractivity contribution is -0.119. The first-order valence-corrected chi connectivity index (χ1v) is 14.2. The van der Waals surface area contributed by atoms with Gasteiger partial charge in [0.05, 0.1) is 13.2 Å². The molecule has 0 aliphatic carbocycles. The molecule has 0 aliphatic heterocycles. The summed E-state index contributed by atoms with van der Waals surface area (Å²) in [5, 5.41) is 2.33. The molecule has 0 radical (unpaired) electrons. The second-order valence-corrected chi connectivity index (χ2v) is 14.4. The minimum absolute atomic E-state index is 0.103. The molecule has 0 heterocycles. The Balaban J connectivity index is 1.73. The van der Waals surface area contributed by atoms with Crippen molar-refractivity contribution in [3.8, 4) is 0 Å². The number of ketones is 1. The van der Waals surface area contributed by atoms with Gasteiger partial charge in [0.15, 0.2) is 5.78 Å². The summed E-state index contributed by atoms with van der Waals surface area (Å²) in [7, 11) is -2.66. The van der Waals surface area contributed by atoms with Crippen LogP contribution in [0.15, 0.2) is 103 Å². The molecule has 0 amide bonds. The third-order valence-corrected chi connectivity index (χ3v) is 11.4. The van der Waals surface area contributed by atoms with Crippen LogP contribution in [0.2, 0.25) is 5.04 Å². The molecule has 4 heteroatoms. The summed E-state index contributed by atoms with van der Waals surface area (Å²) in [6, 6.07) is 31.1. The van der Waals surface area contributed by atoms with Gasteiger partial charge in [0, 0.05) is 12.5 Å². The zero-order chi connectivity index (χ0) is 25.3. The van der Waals surface area contributed by atoms with Crippen molar-refractivity contribution < 1.29 is 14.0 Å². The van der Waals surface area contributed by atoms with Gasteiger partial charge in [0.2, 0.25) is 0 Å². The number of allylic oxidation sites excluding steroid dienone is 1. The fraction of sp³-hybridized carbons (Fsp3) is 0.323. The van der Waals surface area contributed by atoms with E-state index in [1.54, 1.807) is 0 Å². The summed E-state index contributed by atoms with van der Waals surface area (Å²) in [6.07, 6.45) is 1.88. The predicted octanol–water partition coefficient (Wildman–Crippen LogP) is 5.93. The molecule has 0 fully saturated rings. The van der Waals surface area contributed by atoms with E-state index in [0.717, 1.165) is 11.1 Å². The molecule has 0 saturated carbocycles. The van der Waals surface area contributed by atoms with Gasteiger partial charge in [-0.2, -0.15) is 0 Å². The van der Waals surface area contributed by atoms with E-state index >= 15 is 0 Å². The van der Waals surface area contributed by atoms with Crippen LogP contribution in [0.3, 0.4) is 0 Å². The highest BCUT2D eigenvalue weighted by atomic mass is 28.4. The zero-order valence-corrected chi connectivity index (χ0v) is 22.7. The van der Waals surface area contributed by atoms with Crippen molar-refractivity contribution in [3.05, 3.63) is 108 Å². The lowest BCUT2D eigenvalue weighted by Gasteiger charge is -2.43. The Kier molecular flexibility index (Phi) is 9.38. The van der Waals surface area contributed by atoms with Crippen LogP contribution in [-0.4, -0.2) is 27.3 Å². The highest BCUT2D eigenvalue weighted by molar-refractivity contribution is 6.99. The molecule has 0 bridgehead atoms. The number of ether oxygens (including phenoxy) is 1. The predicted molar refractivity (Wildman–Crippen MR) is 148 cm³/mol. The molecule has 35 heavy (non-hydrogen) atoms. The summed E-state index contributed by atoms with van der Waals surface area (Å²) in [5.74, 6) is -0.145. The van der Waals surface area contributed by atoms with Crippen LogP contribution < -0.4 is 10.4 Å². The van der Waals surface area contributed by atoms with E-state index in [1.165, 1.54) is 10.4 Å². The Morgan fingerprint density at radius 1 is 0.857 bits per heavy atom. The van der Waals surface area contributed by atoms with Crippen molar-refractivity contribution >= 4 is 24.5 Å². The van der Waals surface area contributed by atoms with E-state index in [0.29, 0.717) is 19.8 Å². The molecule has 0 aliphatic rings. The molecule has 0 N–H and O–H groups in total. The third kappa shape index (κ3) is 6.66. The number of hydrogen-bond donors (Lipinski definition) is 0. The first-order valence-electron chi connectivity index (χ1n) is 12.3. The maximum atomic E-state index is 13.2. The van der Waals surface area contributed by atoms with Crippen molar-refractivity contribution in [2.75, 3.05) is 13.2 Å². The van der Waals surface area contributed by atoms with Gasteiger partial charge in [0.25, 0.3) is 8.32 Å². The topological polar surface area (TPSA) is 35.5 Å². The molecular weight excluding hydrogens is 448 g/mol. The van der Waals surface area contributed by atoms with Crippen molar-refractivity contribution in [1.82, 2.24) is 0 Å². The van der Waals surface area contributed by atoms with Crippen molar-refractivity contribution in [2.24, 2.45) is 5.92 Å². The van der Waals surface area contributed by atoms with Gasteiger partial charge in [-0.1, -0.05) is 125 Å². The zero-order valence-electron chi connectivity index (χ0n) is 21.7. The van der Waals surface area contributed by atoms with Gasteiger partial charge in [-0.15, -0.1) is 0 Å². The van der Waals surface area contributed by atoms with E-state index in [2.05, 4.69) is 69.3 Å². The van der Waals surface area contributed by atoms with E-state index < -0.39 is 8.32 Å². The Morgan fingerprint density at radius 2 is 1.34 bits per heavy atom. The molecule has 1 atom stereocenters. The molecule has 3 rings (SSSR count). The normalized spacial score (nSPS) is 13.5. The van der Waals surface area contributed by atoms with Crippen LogP contribution in [0, 0.1) is 5.92 Å². The minimum Gasteiger partial charge on any atom is -0.407 e. The molecule has 0 saturated heterocycles. The molecule has 3 aromatic rings. The van der Waals surface area contributed by atoms with Crippen LogP contribution in [0.25, 0.3) is 0 Å². The average molecular weight is 487 g/mol. The van der Waals surface area contributed by atoms with E-state index in [4.69, 9.17) is 9.16 Å². The van der Waals surface area contributed by atoms with E-state index in [1.807, 2.05) is 62.4 Å². The van der Waals surface area contributed by atoms with Gasteiger partial charge >= 0.3 is 0 Å². The highest BCUT2D eigenvalue weighted by Crippen LogP contribution is 2.37. The molecule has 0 unspecified atom stereocenters. The molecular formula is C31H38O3Si. The van der Waals surface area contributed by atoms with Gasteiger partial charge in [-0.25, -0.2) is 0 Å². The van der Waals surface area contributed by atoms with Gasteiger partial charge < -0.3 is 9.16 Å². The third-order valence-electron chi connectivity index (χ3n) is 6.42. The summed E-state index contributed by atoms with van der Waals surface area (Å²) in [5.41, 5.74) is 1.84. The fourth-order valence-corrected chi connectivity index (χ4v) is 9.17. The second kappa shape index (κ2) is 12.3. The van der Waals surface area contributed by atoms with Gasteiger partial charge in [0.1, 0.15) is 0 Å². The number of Topliss-reactive ketones (excluding diaryl/α,β-unsaturated/α-hetero) is 1. The standard InChI is InChI=1S/C31H38O3Si/c1-25(21-22-33-24-27-15-9-6-10-16-27)30(32)26(2)23-34-35(31(3,4)5,28-17-11-7-12-18-28)29-19-13-8-14-20-29/h6-21,26H,22-24H2,1-5H3/b25-21+/t26-/m1/s1. The molecule has 3 aromatic carbocycles. The van der Waals surface area contributed by atoms with Crippen molar-refractivity contribution in [3.63, 3.8) is 0 Å². The van der Waals surface area contributed by atoms with Crippen LogP contribution in [0.1, 0.15) is 40.2 Å². The van der Waals surface area contributed by atoms with Crippen LogP contribution in [-0.2, 0) is 20.6 Å². The Hall–Kier alpha value is -2.79. The smallest absolute Gasteiger partial charge is 0.261 e. The van der Waals surface area contributed by atoms with Crippen molar-refractivity contribution in [1.29, 1.82) is 0 Å². The SMILES string of the molecule is C/C(=C\COCc1ccccc1)C(=O)[C@H](C)CO[Si](c1ccccc1)(c1ccccc1)C(C)(C)C. The average Bonchev–Trinajstić information content (AvgIpc) is 2.87. The van der Waals surface area contributed by atoms with E-state index in [9.17, 15) is 4.79 Å².